The molecule has 2 aliphatic heterocycles. The molecule has 148 valence electrons. The number of nitrogens with zero attached hydrogens (tertiary/aromatic N) is 3. The number of para-hydroxylation sites is 1. The highest BCUT2D eigenvalue weighted by molar-refractivity contribution is 5.90. The second-order valence-electron chi connectivity index (χ2n) is 8.96. The number of hydrogen-bond acceptors (Lipinski definition) is 4. The average Bonchev–Trinajstić information content (AvgIpc) is 3.16. The van der Waals surface area contributed by atoms with Gasteiger partial charge in [-0.1, -0.05) is 31.0 Å². The Morgan fingerprint density at radius 2 is 1.59 bits per heavy atom. The number of carbonyl (C=O) groups excluding carboxylic acids is 1. The number of nitrogens with one attached hydrogen (secondary N) is 1. The number of likely N-dealkylation sites (tertiary alicyclic amines) is 1. The molecule has 0 radical (unpaired) electrons. The summed E-state index contributed by atoms with van der Waals surface area (Å²) in [4.78, 5) is 20.9. The Kier molecular flexibility index (Phi) is 5.17. The molecule has 3 fully saturated rings. The maximum Gasteiger partial charge on any atom is 0.248 e. The van der Waals surface area contributed by atoms with Gasteiger partial charge in [-0.05, 0) is 65.0 Å². The van der Waals surface area contributed by atoms with E-state index in [0.717, 1.165) is 76.9 Å². The number of amides is 1. The second kappa shape index (κ2) is 7.44. The summed E-state index contributed by atoms with van der Waals surface area (Å²) in [6.45, 7) is 4.97. The molecule has 1 aromatic rings. The van der Waals surface area contributed by atoms with Gasteiger partial charge in [-0.15, -0.1) is 0 Å². The van der Waals surface area contributed by atoms with E-state index in [1.54, 1.807) is 0 Å². The molecule has 1 N–H and O–H groups in total. The van der Waals surface area contributed by atoms with Crippen molar-refractivity contribution < 1.29 is 4.79 Å². The highest BCUT2D eigenvalue weighted by Gasteiger charge is 2.48. The first-order chi connectivity index (χ1) is 13.0. The van der Waals surface area contributed by atoms with Crippen molar-refractivity contribution in [2.75, 3.05) is 52.1 Å². The van der Waals surface area contributed by atoms with Crippen LogP contribution >= 0.6 is 0 Å². The van der Waals surface area contributed by atoms with E-state index in [1.165, 1.54) is 0 Å². The van der Waals surface area contributed by atoms with Crippen LogP contribution in [0.4, 0.5) is 5.69 Å². The largest absolute Gasteiger partial charge is 0.371 e. The van der Waals surface area contributed by atoms with Crippen molar-refractivity contribution in [2.24, 2.45) is 0 Å². The molecule has 1 aromatic carbocycles. The standard InChI is InChI=1S/C22H34N4O/c1-24-14-12-21(13-15-24)18-26(17-16-25(21)2)20(27)22(10-6-7-11-22)23-19-8-4-3-5-9-19/h3-5,8-9,23H,6-7,10-18H2,1-2H3. The fourth-order valence-electron chi connectivity index (χ4n) is 5.28. The fourth-order valence-corrected chi connectivity index (χ4v) is 5.28. The molecule has 0 unspecified atom stereocenters. The molecular weight excluding hydrogens is 336 g/mol. The van der Waals surface area contributed by atoms with Crippen LogP contribution < -0.4 is 5.32 Å². The zero-order chi connectivity index (χ0) is 18.9. The van der Waals surface area contributed by atoms with E-state index >= 15 is 0 Å². The van der Waals surface area contributed by atoms with E-state index < -0.39 is 5.54 Å². The third-order valence-corrected chi connectivity index (χ3v) is 7.23. The van der Waals surface area contributed by atoms with Gasteiger partial charge in [0.25, 0.3) is 0 Å². The number of piperazine rings is 1. The molecule has 1 aliphatic carbocycles. The van der Waals surface area contributed by atoms with Crippen molar-refractivity contribution in [3.05, 3.63) is 30.3 Å². The summed E-state index contributed by atoms with van der Waals surface area (Å²) >= 11 is 0. The molecule has 3 aliphatic rings. The van der Waals surface area contributed by atoms with Crippen molar-refractivity contribution >= 4 is 11.6 Å². The summed E-state index contributed by atoms with van der Waals surface area (Å²) in [6.07, 6.45) is 6.47. The minimum absolute atomic E-state index is 0.160. The molecule has 1 amide bonds. The summed E-state index contributed by atoms with van der Waals surface area (Å²) in [6, 6.07) is 10.3. The molecule has 1 spiro atoms. The monoisotopic (exact) mass is 370 g/mol. The number of likely N-dealkylation sites (N-methyl/N-ethyl adjacent to an activating group) is 1. The number of piperidine rings is 1. The third kappa shape index (κ3) is 3.59. The maximum absolute atomic E-state index is 13.8. The lowest BCUT2D eigenvalue weighted by atomic mass is 9.83. The van der Waals surface area contributed by atoms with Crippen LogP contribution in [0.2, 0.25) is 0 Å². The van der Waals surface area contributed by atoms with Crippen LogP contribution in [-0.2, 0) is 4.79 Å². The van der Waals surface area contributed by atoms with Crippen LogP contribution in [0.1, 0.15) is 38.5 Å². The predicted octanol–water partition coefficient (Wildman–Crippen LogP) is 2.65. The quantitative estimate of drug-likeness (QED) is 0.888. The molecule has 0 atom stereocenters. The first kappa shape index (κ1) is 18.8. The fraction of sp³-hybridized carbons (Fsp3) is 0.682. The molecule has 5 heteroatoms. The molecule has 0 bridgehead atoms. The zero-order valence-corrected chi connectivity index (χ0v) is 16.9. The molecule has 5 nitrogen and oxygen atoms in total. The third-order valence-electron chi connectivity index (χ3n) is 7.23. The van der Waals surface area contributed by atoms with Gasteiger partial charge in [-0.25, -0.2) is 0 Å². The van der Waals surface area contributed by atoms with E-state index in [0.29, 0.717) is 5.91 Å². The molecule has 4 rings (SSSR count). The smallest absolute Gasteiger partial charge is 0.248 e. The number of benzene rings is 1. The number of hydrogen-bond donors (Lipinski definition) is 1. The topological polar surface area (TPSA) is 38.8 Å². The lowest BCUT2D eigenvalue weighted by molar-refractivity contribution is -0.142. The lowest BCUT2D eigenvalue weighted by Crippen LogP contribution is -2.67. The Balaban J connectivity index is 1.53. The lowest BCUT2D eigenvalue weighted by Gasteiger charge is -2.53. The van der Waals surface area contributed by atoms with Gasteiger partial charge in [0.15, 0.2) is 0 Å². The first-order valence-electron chi connectivity index (χ1n) is 10.6. The van der Waals surface area contributed by atoms with Crippen LogP contribution in [0.25, 0.3) is 0 Å². The SMILES string of the molecule is CN1CCC2(CC1)CN(C(=O)C1(Nc3ccccc3)CCCC1)CCN2C. The molecule has 1 saturated carbocycles. The average molecular weight is 371 g/mol. The van der Waals surface area contributed by atoms with Crippen LogP contribution in [0, 0.1) is 0 Å². The van der Waals surface area contributed by atoms with E-state index in [1.807, 2.05) is 18.2 Å². The summed E-state index contributed by atoms with van der Waals surface area (Å²) < 4.78 is 0. The predicted molar refractivity (Wildman–Crippen MR) is 110 cm³/mol. The van der Waals surface area contributed by atoms with Gasteiger partial charge >= 0.3 is 0 Å². The van der Waals surface area contributed by atoms with Crippen molar-refractivity contribution in [2.45, 2.75) is 49.6 Å². The van der Waals surface area contributed by atoms with Gasteiger partial charge in [0.05, 0.1) is 0 Å². The van der Waals surface area contributed by atoms with Gasteiger partial charge in [-0.2, -0.15) is 0 Å². The van der Waals surface area contributed by atoms with Gasteiger partial charge in [0.2, 0.25) is 5.91 Å². The Labute approximate surface area is 163 Å². The Bertz CT molecular complexity index is 648. The minimum Gasteiger partial charge on any atom is -0.371 e. The number of carbonyl (C=O) groups is 1. The van der Waals surface area contributed by atoms with Crippen LogP contribution in [0.15, 0.2) is 30.3 Å². The van der Waals surface area contributed by atoms with E-state index in [2.05, 4.69) is 46.2 Å². The van der Waals surface area contributed by atoms with E-state index in [-0.39, 0.29) is 5.54 Å². The van der Waals surface area contributed by atoms with Crippen LogP contribution in [0.3, 0.4) is 0 Å². The van der Waals surface area contributed by atoms with Crippen molar-refractivity contribution in [3.8, 4) is 0 Å². The molecule has 27 heavy (non-hydrogen) atoms. The molecule has 2 saturated heterocycles. The minimum atomic E-state index is -0.413. The molecular formula is C22H34N4O. The summed E-state index contributed by atoms with van der Waals surface area (Å²) in [5.74, 6) is 0.329. The van der Waals surface area contributed by atoms with Crippen LogP contribution in [0.5, 0.6) is 0 Å². The van der Waals surface area contributed by atoms with Crippen molar-refractivity contribution in [1.82, 2.24) is 14.7 Å². The Morgan fingerprint density at radius 1 is 0.926 bits per heavy atom. The van der Waals surface area contributed by atoms with Crippen molar-refractivity contribution in [3.63, 3.8) is 0 Å². The first-order valence-corrected chi connectivity index (χ1v) is 10.6. The van der Waals surface area contributed by atoms with Gasteiger partial charge in [0, 0.05) is 30.9 Å². The normalized spacial score (nSPS) is 25.6. The van der Waals surface area contributed by atoms with E-state index in [4.69, 9.17) is 0 Å². The van der Waals surface area contributed by atoms with E-state index in [9.17, 15) is 4.79 Å². The highest BCUT2D eigenvalue weighted by Crippen LogP contribution is 2.37. The molecule has 2 heterocycles. The molecule has 0 aromatic heterocycles. The number of rotatable bonds is 3. The second-order valence-corrected chi connectivity index (χ2v) is 8.96. The summed E-state index contributed by atoms with van der Waals surface area (Å²) in [7, 11) is 4.45. The van der Waals surface area contributed by atoms with Crippen LogP contribution in [-0.4, -0.2) is 78.5 Å². The number of anilines is 1. The maximum atomic E-state index is 13.8. The highest BCUT2D eigenvalue weighted by atomic mass is 16.2. The van der Waals surface area contributed by atoms with Gasteiger partial charge in [0.1, 0.15) is 5.54 Å². The Hall–Kier alpha value is -1.59. The zero-order valence-electron chi connectivity index (χ0n) is 16.9. The summed E-state index contributed by atoms with van der Waals surface area (Å²) in [5.41, 5.74) is 0.813. The Morgan fingerprint density at radius 3 is 2.26 bits per heavy atom. The van der Waals surface area contributed by atoms with Gasteiger partial charge < -0.3 is 15.1 Å². The van der Waals surface area contributed by atoms with Gasteiger partial charge in [-0.3, -0.25) is 9.69 Å². The summed E-state index contributed by atoms with van der Waals surface area (Å²) in [5, 5.41) is 3.65. The van der Waals surface area contributed by atoms with Crippen molar-refractivity contribution in [1.29, 1.82) is 0 Å².